The minimum absolute atomic E-state index is 0.00288. The molecule has 2 heterocycles. The summed E-state index contributed by atoms with van der Waals surface area (Å²) in [5.74, 6) is 0.590. The zero-order valence-corrected chi connectivity index (χ0v) is 13.7. The maximum Gasteiger partial charge on any atom is 0.265 e. The number of hydrogen-bond donors (Lipinski definition) is 0. The molecule has 0 aliphatic carbocycles. The van der Waals surface area contributed by atoms with Crippen molar-refractivity contribution in [3.05, 3.63) is 60.4 Å². The molecule has 0 saturated heterocycles. The van der Waals surface area contributed by atoms with E-state index in [0.29, 0.717) is 5.75 Å². The molecule has 0 bridgehead atoms. The number of carbonyl (C=O) groups is 1. The van der Waals surface area contributed by atoms with Gasteiger partial charge in [0.15, 0.2) is 6.61 Å². The molecule has 3 aromatic rings. The normalized spacial score (nSPS) is 15.9. The van der Waals surface area contributed by atoms with Gasteiger partial charge in [-0.1, -0.05) is 18.2 Å². The molecule has 0 unspecified atom stereocenters. The highest BCUT2D eigenvalue weighted by atomic mass is 16.5. The number of amides is 1. The fraction of sp³-hybridized carbons (Fsp3) is 0.222. The first-order valence-electron chi connectivity index (χ1n) is 8.08. The van der Waals surface area contributed by atoms with Crippen LogP contribution in [0, 0.1) is 0 Å². The predicted molar refractivity (Wildman–Crippen MR) is 91.7 cm³/mol. The SMILES string of the molecule is C[C@@H]1Cc2ccccc2N1C(=O)COc1ccc(-n2cnnn2)cc1. The standard InChI is InChI=1S/C18H17N5O2/c1-13-10-14-4-2-3-5-17(14)23(13)18(24)11-25-16-8-6-15(7-9-16)22-12-19-20-21-22/h2-9,12-13H,10-11H2,1H3/t13-/m1/s1. The Morgan fingerprint density at radius 3 is 2.76 bits per heavy atom. The Morgan fingerprint density at radius 2 is 2.00 bits per heavy atom. The van der Waals surface area contributed by atoms with E-state index in [0.717, 1.165) is 17.8 Å². The van der Waals surface area contributed by atoms with Crippen LogP contribution in [0.4, 0.5) is 5.69 Å². The first kappa shape index (κ1) is 15.3. The second-order valence-corrected chi connectivity index (χ2v) is 5.98. The molecule has 0 N–H and O–H groups in total. The van der Waals surface area contributed by atoms with Crippen LogP contribution in [0.1, 0.15) is 12.5 Å². The number of rotatable bonds is 4. The molecule has 1 aliphatic rings. The van der Waals surface area contributed by atoms with E-state index in [9.17, 15) is 4.79 Å². The fourth-order valence-corrected chi connectivity index (χ4v) is 3.13. The van der Waals surface area contributed by atoms with E-state index in [2.05, 4.69) is 28.5 Å². The third-order valence-corrected chi connectivity index (χ3v) is 4.29. The highest BCUT2D eigenvalue weighted by Crippen LogP contribution is 2.31. The van der Waals surface area contributed by atoms with Crippen LogP contribution < -0.4 is 9.64 Å². The minimum atomic E-state index is -0.0398. The van der Waals surface area contributed by atoms with Crippen molar-refractivity contribution in [1.29, 1.82) is 0 Å². The molecular formula is C18H17N5O2. The summed E-state index contributed by atoms with van der Waals surface area (Å²) in [6.45, 7) is 2.06. The summed E-state index contributed by atoms with van der Waals surface area (Å²) < 4.78 is 7.22. The average Bonchev–Trinajstić information content (AvgIpc) is 3.27. The topological polar surface area (TPSA) is 73.1 Å². The Hall–Kier alpha value is -3.22. The molecule has 25 heavy (non-hydrogen) atoms. The molecule has 0 radical (unpaired) electrons. The smallest absolute Gasteiger partial charge is 0.265 e. The van der Waals surface area contributed by atoms with Gasteiger partial charge in [0.25, 0.3) is 5.91 Å². The molecule has 2 aromatic carbocycles. The van der Waals surface area contributed by atoms with Crippen molar-refractivity contribution < 1.29 is 9.53 Å². The molecule has 1 aliphatic heterocycles. The van der Waals surface area contributed by atoms with E-state index >= 15 is 0 Å². The van der Waals surface area contributed by atoms with E-state index < -0.39 is 0 Å². The van der Waals surface area contributed by atoms with Gasteiger partial charge in [-0.05, 0) is 59.7 Å². The quantitative estimate of drug-likeness (QED) is 0.729. The number of para-hydroxylation sites is 1. The highest BCUT2D eigenvalue weighted by Gasteiger charge is 2.30. The van der Waals surface area contributed by atoms with Crippen LogP contribution in [0.2, 0.25) is 0 Å². The second kappa shape index (κ2) is 6.35. The molecule has 0 saturated carbocycles. The number of fused-ring (bicyclic) bond motifs is 1. The number of nitrogens with zero attached hydrogens (tertiary/aromatic N) is 5. The lowest BCUT2D eigenvalue weighted by Gasteiger charge is -2.22. The maximum atomic E-state index is 12.6. The van der Waals surface area contributed by atoms with E-state index in [1.807, 2.05) is 35.2 Å². The third kappa shape index (κ3) is 2.96. The van der Waals surface area contributed by atoms with E-state index in [1.165, 1.54) is 11.9 Å². The van der Waals surface area contributed by atoms with Crippen molar-refractivity contribution in [3.63, 3.8) is 0 Å². The molecule has 7 heteroatoms. The molecule has 0 spiro atoms. The molecule has 0 fully saturated rings. The van der Waals surface area contributed by atoms with Crippen molar-refractivity contribution in [2.24, 2.45) is 0 Å². The summed E-state index contributed by atoms with van der Waals surface area (Å²) in [6.07, 6.45) is 2.40. The summed E-state index contributed by atoms with van der Waals surface area (Å²) in [5, 5.41) is 11.0. The van der Waals surface area contributed by atoms with Crippen molar-refractivity contribution >= 4 is 11.6 Å². The summed E-state index contributed by atoms with van der Waals surface area (Å²) >= 11 is 0. The molecule has 4 rings (SSSR count). The Balaban J connectivity index is 1.42. The molecule has 7 nitrogen and oxygen atoms in total. The van der Waals surface area contributed by atoms with Crippen molar-refractivity contribution in [2.45, 2.75) is 19.4 Å². The number of hydrogen-bond acceptors (Lipinski definition) is 5. The first-order chi connectivity index (χ1) is 12.2. The minimum Gasteiger partial charge on any atom is -0.484 e. The van der Waals surface area contributed by atoms with E-state index in [1.54, 1.807) is 16.8 Å². The van der Waals surface area contributed by atoms with E-state index in [-0.39, 0.29) is 18.6 Å². The zero-order valence-electron chi connectivity index (χ0n) is 13.7. The van der Waals surface area contributed by atoms with Gasteiger partial charge in [-0.15, -0.1) is 5.10 Å². The highest BCUT2D eigenvalue weighted by molar-refractivity contribution is 5.97. The summed E-state index contributed by atoms with van der Waals surface area (Å²) in [6, 6.07) is 15.4. The molecular weight excluding hydrogens is 318 g/mol. The summed E-state index contributed by atoms with van der Waals surface area (Å²) in [5.41, 5.74) is 3.01. The Morgan fingerprint density at radius 1 is 1.20 bits per heavy atom. The average molecular weight is 335 g/mol. The van der Waals surface area contributed by atoms with Gasteiger partial charge in [0.2, 0.25) is 0 Å². The third-order valence-electron chi connectivity index (χ3n) is 4.29. The van der Waals surface area contributed by atoms with Gasteiger partial charge in [0, 0.05) is 11.7 Å². The molecule has 126 valence electrons. The van der Waals surface area contributed by atoms with Crippen LogP contribution in [0.25, 0.3) is 5.69 Å². The maximum absolute atomic E-state index is 12.6. The predicted octanol–water partition coefficient (Wildman–Crippen LogP) is 2.02. The molecule has 1 atom stereocenters. The van der Waals surface area contributed by atoms with Crippen LogP contribution in [0.3, 0.4) is 0 Å². The Kier molecular flexibility index (Phi) is 3.89. The summed E-state index contributed by atoms with van der Waals surface area (Å²) in [4.78, 5) is 14.4. The van der Waals surface area contributed by atoms with Crippen LogP contribution in [-0.2, 0) is 11.2 Å². The lowest BCUT2D eigenvalue weighted by molar-refractivity contribution is -0.120. The Bertz CT molecular complexity index is 877. The van der Waals surface area contributed by atoms with Crippen LogP contribution in [-0.4, -0.2) is 38.8 Å². The van der Waals surface area contributed by atoms with Crippen LogP contribution in [0.15, 0.2) is 54.9 Å². The van der Waals surface area contributed by atoms with Gasteiger partial charge in [0.1, 0.15) is 12.1 Å². The number of carbonyl (C=O) groups excluding carboxylic acids is 1. The van der Waals surface area contributed by atoms with Gasteiger partial charge in [-0.3, -0.25) is 4.79 Å². The fourth-order valence-electron chi connectivity index (χ4n) is 3.13. The number of benzene rings is 2. The zero-order chi connectivity index (χ0) is 17.2. The lowest BCUT2D eigenvalue weighted by Crippen LogP contribution is -2.39. The lowest BCUT2D eigenvalue weighted by atomic mass is 10.1. The monoisotopic (exact) mass is 335 g/mol. The van der Waals surface area contributed by atoms with Crippen LogP contribution >= 0.6 is 0 Å². The number of aromatic nitrogens is 4. The van der Waals surface area contributed by atoms with Crippen molar-refractivity contribution in [2.75, 3.05) is 11.5 Å². The number of tetrazole rings is 1. The Labute approximate surface area is 144 Å². The molecule has 1 aromatic heterocycles. The number of anilines is 1. The van der Waals surface area contributed by atoms with Gasteiger partial charge in [0.05, 0.1) is 5.69 Å². The van der Waals surface area contributed by atoms with Crippen molar-refractivity contribution in [1.82, 2.24) is 20.2 Å². The first-order valence-corrected chi connectivity index (χ1v) is 8.08. The number of ether oxygens (including phenoxy) is 1. The van der Waals surface area contributed by atoms with Gasteiger partial charge < -0.3 is 9.64 Å². The van der Waals surface area contributed by atoms with E-state index in [4.69, 9.17) is 4.74 Å². The van der Waals surface area contributed by atoms with Crippen molar-refractivity contribution in [3.8, 4) is 11.4 Å². The molecule has 1 amide bonds. The van der Waals surface area contributed by atoms with Gasteiger partial charge in [-0.25, -0.2) is 4.68 Å². The van der Waals surface area contributed by atoms with Gasteiger partial charge in [-0.2, -0.15) is 0 Å². The van der Waals surface area contributed by atoms with Gasteiger partial charge >= 0.3 is 0 Å². The summed E-state index contributed by atoms with van der Waals surface area (Å²) in [7, 11) is 0. The largest absolute Gasteiger partial charge is 0.484 e. The second-order valence-electron chi connectivity index (χ2n) is 5.98. The van der Waals surface area contributed by atoms with Crippen LogP contribution in [0.5, 0.6) is 5.75 Å².